The molecule has 32 heavy (non-hydrogen) atoms. The summed E-state index contributed by atoms with van der Waals surface area (Å²) in [5, 5.41) is 4.43. The summed E-state index contributed by atoms with van der Waals surface area (Å²) in [4.78, 5) is 24.2. The number of halogens is 2. The third-order valence-corrected chi connectivity index (χ3v) is 7.85. The molecular formula is C22H22Cl2N2O5S. The van der Waals surface area contributed by atoms with E-state index in [0.29, 0.717) is 26.7 Å². The van der Waals surface area contributed by atoms with Gasteiger partial charge in [0.05, 0.1) is 33.6 Å². The van der Waals surface area contributed by atoms with Gasteiger partial charge >= 0.3 is 5.97 Å². The molecule has 1 N–H and O–H groups in total. The number of hydrogen-bond acceptors (Lipinski definition) is 5. The molecule has 7 nitrogen and oxygen atoms in total. The van der Waals surface area contributed by atoms with Crippen LogP contribution in [0.15, 0.2) is 41.3 Å². The highest BCUT2D eigenvalue weighted by atomic mass is 35.5. The second kappa shape index (κ2) is 9.13. The summed E-state index contributed by atoms with van der Waals surface area (Å²) in [6, 6.07) is 9.14. The zero-order chi connectivity index (χ0) is 23.8. The van der Waals surface area contributed by atoms with Crippen LogP contribution >= 0.6 is 23.2 Å². The summed E-state index contributed by atoms with van der Waals surface area (Å²) in [5.41, 5.74) is 2.71. The number of carbonyl (C=O) groups excluding carboxylic acids is 2. The van der Waals surface area contributed by atoms with Crippen molar-refractivity contribution in [3.05, 3.63) is 63.3 Å². The number of amides is 1. The van der Waals surface area contributed by atoms with E-state index in [9.17, 15) is 18.0 Å². The first kappa shape index (κ1) is 24.1. The molecule has 3 rings (SSSR count). The van der Waals surface area contributed by atoms with Crippen LogP contribution in [0.2, 0.25) is 10.0 Å². The van der Waals surface area contributed by atoms with Gasteiger partial charge in [-0.2, -0.15) is 0 Å². The van der Waals surface area contributed by atoms with Crippen molar-refractivity contribution < 1.29 is 22.7 Å². The van der Waals surface area contributed by atoms with Crippen molar-refractivity contribution in [3.63, 3.8) is 0 Å². The Morgan fingerprint density at radius 2 is 1.75 bits per heavy atom. The second-order valence-electron chi connectivity index (χ2n) is 7.44. The smallest absolute Gasteiger partial charge is 0.321 e. The Bertz CT molecular complexity index is 1310. The van der Waals surface area contributed by atoms with Gasteiger partial charge in [-0.25, -0.2) is 8.42 Å². The first-order chi connectivity index (χ1) is 15.0. The maximum atomic E-state index is 12.9. The van der Waals surface area contributed by atoms with Crippen LogP contribution in [0.5, 0.6) is 0 Å². The summed E-state index contributed by atoms with van der Waals surface area (Å²) < 4.78 is 30.7. The van der Waals surface area contributed by atoms with Gasteiger partial charge in [0.15, 0.2) is 15.6 Å². The molecule has 0 saturated heterocycles. The normalized spacial score (nSPS) is 12.6. The van der Waals surface area contributed by atoms with Crippen molar-refractivity contribution in [3.8, 4) is 0 Å². The molecule has 0 aliphatic carbocycles. The molecule has 1 aromatic heterocycles. The standard InChI is InChI=1S/C22H22Cl2N2O5S/c1-12-9-17-16(21(24)20(12)23)10-18(26(17)3)22(28)25-13(2)14-5-7-15(8-6-14)32(29,30)11-19(27)31-4/h5-10,13H,11H2,1-4H3,(H,25,28). The number of methoxy groups -OCH3 is 1. The van der Waals surface area contributed by atoms with E-state index in [1.54, 1.807) is 36.7 Å². The molecule has 1 unspecified atom stereocenters. The van der Waals surface area contributed by atoms with E-state index in [0.717, 1.165) is 18.2 Å². The quantitative estimate of drug-likeness (QED) is 0.515. The molecule has 1 heterocycles. The second-order valence-corrected chi connectivity index (χ2v) is 10.2. The lowest BCUT2D eigenvalue weighted by molar-refractivity contribution is -0.137. The average Bonchev–Trinajstić information content (AvgIpc) is 3.08. The van der Waals surface area contributed by atoms with Gasteiger partial charge in [-0.05, 0) is 49.2 Å². The number of aryl methyl sites for hydroxylation is 2. The van der Waals surface area contributed by atoms with Crippen LogP contribution in [-0.4, -0.2) is 37.7 Å². The highest BCUT2D eigenvalue weighted by Gasteiger charge is 2.22. The number of esters is 1. The third kappa shape index (κ3) is 4.62. The number of rotatable bonds is 6. The molecule has 2 aromatic carbocycles. The summed E-state index contributed by atoms with van der Waals surface area (Å²) in [7, 11) is -0.900. The molecule has 170 valence electrons. The van der Waals surface area contributed by atoms with Crippen LogP contribution in [0.1, 0.15) is 34.6 Å². The highest BCUT2D eigenvalue weighted by molar-refractivity contribution is 7.92. The zero-order valence-electron chi connectivity index (χ0n) is 17.9. The largest absolute Gasteiger partial charge is 0.468 e. The zero-order valence-corrected chi connectivity index (χ0v) is 20.2. The lowest BCUT2D eigenvalue weighted by Crippen LogP contribution is -2.28. The van der Waals surface area contributed by atoms with Crippen molar-refractivity contribution in [2.24, 2.45) is 7.05 Å². The van der Waals surface area contributed by atoms with Gasteiger partial charge in [-0.15, -0.1) is 0 Å². The Labute approximate surface area is 196 Å². The summed E-state index contributed by atoms with van der Waals surface area (Å²) >= 11 is 12.6. The minimum atomic E-state index is -3.80. The van der Waals surface area contributed by atoms with Gasteiger partial charge in [0.1, 0.15) is 5.69 Å². The Balaban J connectivity index is 1.81. The van der Waals surface area contributed by atoms with Gasteiger partial charge in [-0.1, -0.05) is 35.3 Å². The van der Waals surface area contributed by atoms with Crippen LogP contribution in [0, 0.1) is 6.92 Å². The van der Waals surface area contributed by atoms with E-state index in [1.807, 2.05) is 13.0 Å². The number of benzene rings is 2. The van der Waals surface area contributed by atoms with E-state index in [4.69, 9.17) is 23.2 Å². The van der Waals surface area contributed by atoms with Crippen molar-refractivity contribution in [1.29, 1.82) is 0 Å². The van der Waals surface area contributed by atoms with Gasteiger partial charge in [0, 0.05) is 12.4 Å². The fraction of sp³-hybridized carbons (Fsp3) is 0.273. The van der Waals surface area contributed by atoms with Gasteiger partial charge in [0.25, 0.3) is 5.91 Å². The Kier molecular flexibility index (Phi) is 6.88. The van der Waals surface area contributed by atoms with Crippen molar-refractivity contribution in [1.82, 2.24) is 9.88 Å². The maximum Gasteiger partial charge on any atom is 0.321 e. The molecule has 0 aliphatic heterocycles. The van der Waals surface area contributed by atoms with Gasteiger partial charge in [0.2, 0.25) is 0 Å². The fourth-order valence-corrected chi connectivity index (χ4v) is 4.96. The lowest BCUT2D eigenvalue weighted by atomic mass is 10.1. The van der Waals surface area contributed by atoms with E-state index in [1.165, 1.54) is 12.1 Å². The summed E-state index contributed by atoms with van der Waals surface area (Å²) in [6.07, 6.45) is 0. The predicted octanol–water partition coefficient (Wildman–Crippen LogP) is 4.23. The minimum absolute atomic E-state index is 0.000695. The molecule has 0 fully saturated rings. The molecule has 1 amide bonds. The number of carbonyl (C=O) groups is 2. The Hall–Kier alpha value is -2.55. The first-order valence-electron chi connectivity index (χ1n) is 9.60. The van der Waals surface area contributed by atoms with Crippen molar-refractivity contribution in [2.45, 2.75) is 24.8 Å². The minimum Gasteiger partial charge on any atom is -0.468 e. The number of nitrogens with zero attached hydrogens (tertiary/aromatic N) is 1. The van der Waals surface area contributed by atoms with E-state index >= 15 is 0 Å². The van der Waals surface area contributed by atoms with E-state index < -0.39 is 27.6 Å². The van der Waals surface area contributed by atoms with Crippen LogP contribution in [0.3, 0.4) is 0 Å². The van der Waals surface area contributed by atoms with E-state index in [-0.39, 0.29) is 10.8 Å². The summed E-state index contributed by atoms with van der Waals surface area (Å²) in [6.45, 7) is 3.63. The van der Waals surface area contributed by atoms with E-state index in [2.05, 4.69) is 10.1 Å². The highest BCUT2D eigenvalue weighted by Crippen LogP contribution is 2.35. The van der Waals surface area contributed by atoms with Crippen molar-refractivity contribution >= 4 is 55.8 Å². The van der Waals surface area contributed by atoms with Crippen LogP contribution in [0.25, 0.3) is 10.9 Å². The molecule has 10 heteroatoms. The van der Waals surface area contributed by atoms with Gasteiger partial charge in [-0.3, -0.25) is 9.59 Å². The molecule has 0 radical (unpaired) electrons. The molecule has 0 bridgehead atoms. The van der Waals surface area contributed by atoms with Crippen molar-refractivity contribution in [2.75, 3.05) is 12.9 Å². The van der Waals surface area contributed by atoms with Crippen LogP contribution in [0.4, 0.5) is 0 Å². The Morgan fingerprint density at radius 1 is 1.12 bits per heavy atom. The number of fused-ring (bicyclic) bond motifs is 1. The number of sulfone groups is 1. The van der Waals surface area contributed by atoms with Crippen LogP contribution in [-0.2, 0) is 26.4 Å². The van der Waals surface area contributed by atoms with Gasteiger partial charge < -0.3 is 14.6 Å². The number of aromatic nitrogens is 1. The summed E-state index contributed by atoms with van der Waals surface area (Å²) in [5.74, 6) is -1.88. The molecule has 0 aliphatic rings. The first-order valence-corrected chi connectivity index (χ1v) is 12.0. The molecule has 1 atom stereocenters. The Morgan fingerprint density at radius 3 is 2.34 bits per heavy atom. The average molecular weight is 497 g/mol. The number of nitrogens with one attached hydrogen (secondary N) is 1. The SMILES string of the molecule is COC(=O)CS(=O)(=O)c1ccc(C(C)NC(=O)c2cc3c(Cl)c(Cl)c(C)cc3n2C)cc1. The fourth-order valence-electron chi connectivity index (χ4n) is 3.36. The topological polar surface area (TPSA) is 94.5 Å². The number of hydrogen-bond donors (Lipinski definition) is 1. The predicted molar refractivity (Wildman–Crippen MR) is 124 cm³/mol. The van der Waals surface area contributed by atoms with Crippen LogP contribution < -0.4 is 5.32 Å². The molecule has 0 saturated carbocycles. The third-order valence-electron chi connectivity index (χ3n) is 5.26. The lowest BCUT2D eigenvalue weighted by Gasteiger charge is -2.15. The maximum absolute atomic E-state index is 12.9. The molecule has 0 spiro atoms. The molecule has 3 aromatic rings. The number of ether oxygens (including phenoxy) is 1. The monoisotopic (exact) mass is 496 g/mol. The molecular weight excluding hydrogens is 475 g/mol.